The second-order valence-electron chi connectivity index (χ2n) is 8.19. The lowest BCUT2D eigenvalue weighted by molar-refractivity contribution is 0.0953. The van der Waals surface area contributed by atoms with Gasteiger partial charge in [-0.25, -0.2) is 9.37 Å². The number of nitrogens with one attached hydrogen (secondary N) is 2. The fraction of sp³-hybridized carbons (Fsp3) is 0.391. The third-order valence-electron chi connectivity index (χ3n) is 5.13. The third kappa shape index (κ3) is 4.90. The maximum atomic E-state index is 13.5. The number of carbonyl (C=O) groups excluding carboxylic acids is 1. The highest BCUT2D eigenvalue weighted by atomic mass is 19.1. The second kappa shape index (κ2) is 8.73. The number of aromatic nitrogens is 3. The van der Waals surface area contributed by atoms with E-state index in [4.69, 9.17) is 4.98 Å². The number of rotatable bonds is 8. The molecule has 3 aromatic heterocycles. The predicted molar refractivity (Wildman–Crippen MR) is 115 cm³/mol. The zero-order valence-corrected chi connectivity index (χ0v) is 17.3. The number of anilines is 1. The van der Waals surface area contributed by atoms with Crippen molar-refractivity contribution in [3.05, 3.63) is 59.4 Å². The molecule has 7 heteroatoms. The summed E-state index contributed by atoms with van der Waals surface area (Å²) in [5.74, 6) is 0.242. The van der Waals surface area contributed by atoms with Crippen molar-refractivity contribution in [3.8, 4) is 0 Å². The summed E-state index contributed by atoms with van der Waals surface area (Å²) in [5.41, 5.74) is 4.01. The van der Waals surface area contributed by atoms with Gasteiger partial charge in [-0.2, -0.15) is 0 Å². The number of halogens is 1. The van der Waals surface area contributed by atoms with Gasteiger partial charge in [0, 0.05) is 37.1 Å². The van der Waals surface area contributed by atoms with Crippen LogP contribution in [0, 0.1) is 11.7 Å². The first-order valence-corrected chi connectivity index (χ1v) is 10.4. The van der Waals surface area contributed by atoms with Crippen molar-refractivity contribution in [2.75, 3.05) is 11.9 Å². The van der Waals surface area contributed by atoms with E-state index < -0.39 is 0 Å². The van der Waals surface area contributed by atoms with Crippen molar-refractivity contribution in [2.24, 2.45) is 5.92 Å². The number of nitrogens with zero attached hydrogens (tertiary/aromatic N) is 3. The fourth-order valence-electron chi connectivity index (χ4n) is 3.47. The zero-order valence-electron chi connectivity index (χ0n) is 17.3. The van der Waals surface area contributed by atoms with E-state index in [2.05, 4.69) is 20.6 Å². The quantitative estimate of drug-likeness (QED) is 0.588. The van der Waals surface area contributed by atoms with Gasteiger partial charge in [-0.3, -0.25) is 14.8 Å². The molecule has 156 valence electrons. The molecule has 6 nitrogen and oxygen atoms in total. The van der Waals surface area contributed by atoms with E-state index in [1.165, 1.54) is 25.1 Å². The molecule has 1 aliphatic rings. The van der Waals surface area contributed by atoms with Gasteiger partial charge < -0.3 is 10.6 Å². The number of carbonyl (C=O) groups is 1. The van der Waals surface area contributed by atoms with Gasteiger partial charge >= 0.3 is 0 Å². The van der Waals surface area contributed by atoms with Gasteiger partial charge in [0.1, 0.15) is 11.3 Å². The van der Waals surface area contributed by atoms with Crippen molar-refractivity contribution in [3.63, 3.8) is 0 Å². The van der Waals surface area contributed by atoms with E-state index in [0.717, 1.165) is 23.6 Å². The lowest BCUT2D eigenvalue weighted by Crippen LogP contribution is -2.27. The first kappa shape index (κ1) is 20.2. The van der Waals surface area contributed by atoms with E-state index >= 15 is 0 Å². The summed E-state index contributed by atoms with van der Waals surface area (Å²) in [6.07, 6.45) is 8.41. The highest BCUT2D eigenvalue weighted by Gasteiger charge is 2.22. The minimum Gasteiger partial charge on any atom is -0.380 e. The largest absolute Gasteiger partial charge is 0.380 e. The molecule has 3 aromatic rings. The Kier molecular flexibility index (Phi) is 5.88. The van der Waals surface area contributed by atoms with Crippen molar-refractivity contribution in [2.45, 2.75) is 45.6 Å². The SMILES string of the molecule is CC(C)Nc1c(C(=O)NCCC2CC2)cnc2ccc(Cc3cncc(F)c3)nc12. The van der Waals surface area contributed by atoms with Crippen LogP contribution in [0.25, 0.3) is 11.0 Å². The molecule has 4 rings (SSSR count). The number of hydrogen-bond donors (Lipinski definition) is 2. The Labute approximate surface area is 175 Å². The van der Waals surface area contributed by atoms with Crippen LogP contribution in [0.4, 0.5) is 10.1 Å². The molecule has 0 unspecified atom stereocenters. The van der Waals surface area contributed by atoms with Gasteiger partial charge in [-0.1, -0.05) is 12.8 Å². The molecular formula is C23H26FN5O. The van der Waals surface area contributed by atoms with Crippen molar-refractivity contribution < 1.29 is 9.18 Å². The molecule has 0 bridgehead atoms. The average molecular weight is 407 g/mol. The molecular weight excluding hydrogens is 381 g/mol. The fourth-order valence-corrected chi connectivity index (χ4v) is 3.47. The highest BCUT2D eigenvalue weighted by molar-refractivity contribution is 6.05. The summed E-state index contributed by atoms with van der Waals surface area (Å²) >= 11 is 0. The van der Waals surface area contributed by atoms with Crippen LogP contribution in [0.3, 0.4) is 0 Å². The summed E-state index contributed by atoms with van der Waals surface area (Å²) in [6, 6.07) is 5.32. The van der Waals surface area contributed by atoms with Gasteiger partial charge in [-0.05, 0) is 49.9 Å². The Morgan fingerprint density at radius 3 is 2.80 bits per heavy atom. The van der Waals surface area contributed by atoms with E-state index in [0.29, 0.717) is 35.2 Å². The molecule has 0 spiro atoms. The minimum absolute atomic E-state index is 0.117. The van der Waals surface area contributed by atoms with E-state index in [9.17, 15) is 9.18 Å². The second-order valence-corrected chi connectivity index (χ2v) is 8.19. The number of amides is 1. The zero-order chi connectivity index (χ0) is 21.1. The molecule has 2 N–H and O–H groups in total. The van der Waals surface area contributed by atoms with Crippen molar-refractivity contribution in [1.29, 1.82) is 0 Å². The van der Waals surface area contributed by atoms with Crippen molar-refractivity contribution in [1.82, 2.24) is 20.3 Å². The molecule has 1 fully saturated rings. The Morgan fingerprint density at radius 2 is 2.07 bits per heavy atom. The average Bonchev–Trinajstić information content (AvgIpc) is 3.52. The Hall–Kier alpha value is -3.09. The topological polar surface area (TPSA) is 79.8 Å². The third-order valence-corrected chi connectivity index (χ3v) is 5.13. The van der Waals surface area contributed by atoms with E-state index in [1.807, 2.05) is 26.0 Å². The summed E-state index contributed by atoms with van der Waals surface area (Å²) in [6.45, 7) is 4.70. The number of fused-ring (bicyclic) bond motifs is 1. The molecule has 0 aliphatic heterocycles. The van der Waals surface area contributed by atoms with E-state index in [1.54, 1.807) is 12.4 Å². The molecule has 0 saturated heterocycles. The molecule has 1 saturated carbocycles. The van der Waals surface area contributed by atoms with Crippen LogP contribution < -0.4 is 10.6 Å². The van der Waals surface area contributed by atoms with Crippen LogP contribution in [0.15, 0.2) is 36.8 Å². The summed E-state index contributed by atoms with van der Waals surface area (Å²) < 4.78 is 13.5. The summed E-state index contributed by atoms with van der Waals surface area (Å²) in [4.78, 5) is 26.0. The summed E-state index contributed by atoms with van der Waals surface area (Å²) in [7, 11) is 0. The number of hydrogen-bond acceptors (Lipinski definition) is 5. The van der Waals surface area contributed by atoms with Crippen molar-refractivity contribution >= 4 is 22.6 Å². The minimum atomic E-state index is -0.373. The Bertz CT molecular complexity index is 1060. The van der Waals surface area contributed by atoms with Gasteiger partial charge in [-0.15, -0.1) is 0 Å². The molecule has 0 atom stereocenters. The smallest absolute Gasteiger partial charge is 0.255 e. The van der Waals surface area contributed by atoms with Gasteiger partial charge in [0.05, 0.1) is 23.0 Å². The highest BCUT2D eigenvalue weighted by Crippen LogP contribution is 2.32. The maximum Gasteiger partial charge on any atom is 0.255 e. The lowest BCUT2D eigenvalue weighted by atomic mass is 10.1. The van der Waals surface area contributed by atoms with E-state index in [-0.39, 0.29) is 17.8 Å². The molecule has 3 heterocycles. The number of pyridine rings is 3. The van der Waals surface area contributed by atoms with Gasteiger partial charge in [0.2, 0.25) is 0 Å². The molecule has 30 heavy (non-hydrogen) atoms. The standard InChI is InChI=1S/C23H26FN5O/c1-14(2)28-21-19(23(30)26-8-7-15-3-4-15)13-27-20-6-5-18(29-22(20)21)10-16-9-17(24)12-25-11-16/h5-6,9,11-15H,3-4,7-8,10H2,1-2H3,(H,26,30)(H,27,28). The first-order chi connectivity index (χ1) is 14.5. The predicted octanol–water partition coefficient (Wildman–Crippen LogP) is 4.10. The summed E-state index contributed by atoms with van der Waals surface area (Å²) in [5, 5.41) is 6.39. The van der Waals surface area contributed by atoms with Crippen LogP contribution in [-0.2, 0) is 6.42 Å². The molecule has 1 aliphatic carbocycles. The van der Waals surface area contributed by atoms with Crippen LogP contribution in [0.1, 0.15) is 54.7 Å². The van der Waals surface area contributed by atoms with Gasteiger partial charge in [0.25, 0.3) is 5.91 Å². The monoisotopic (exact) mass is 407 g/mol. The van der Waals surface area contributed by atoms with Crippen LogP contribution >= 0.6 is 0 Å². The molecule has 0 radical (unpaired) electrons. The van der Waals surface area contributed by atoms with Crippen LogP contribution in [0.5, 0.6) is 0 Å². The van der Waals surface area contributed by atoms with Crippen LogP contribution in [0.2, 0.25) is 0 Å². The Morgan fingerprint density at radius 1 is 1.23 bits per heavy atom. The Balaban J connectivity index is 1.66. The first-order valence-electron chi connectivity index (χ1n) is 10.4. The lowest BCUT2D eigenvalue weighted by Gasteiger charge is -2.17. The normalized spacial score (nSPS) is 13.6. The van der Waals surface area contributed by atoms with Gasteiger partial charge in [0.15, 0.2) is 0 Å². The van der Waals surface area contributed by atoms with Crippen LogP contribution in [-0.4, -0.2) is 33.4 Å². The maximum absolute atomic E-state index is 13.5. The molecule has 1 amide bonds. The molecule has 0 aromatic carbocycles.